The molecule has 2 aliphatic rings. The number of aliphatic carboxylic acids is 2. The van der Waals surface area contributed by atoms with Gasteiger partial charge >= 0.3 is 11.9 Å². The molecule has 0 aromatic heterocycles. The predicted octanol–water partition coefficient (Wildman–Crippen LogP) is 2.36. The molecule has 100 valence electrons. The monoisotopic (exact) mass is 260 g/mol. The first kappa shape index (κ1) is 12.2. The largest absolute Gasteiger partial charge is 0.481 e. The van der Waals surface area contributed by atoms with Gasteiger partial charge in [-0.15, -0.1) is 0 Å². The molecule has 2 N–H and O–H groups in total. The lowest BCUT2D eigenvalue weighted by atomic mass is 9.87. The van der Waals surface area contributed by atoms with Crippen molar-refractivity contribution >= 4 is 11.9 Å². The predicted molar refractivity (Wildman–Crippen MR) is 67.7 cm³/mol. The van der Waals surface area contributed by atoms with Crippen molar-refractivity contribution in [1.82, 2.24) is 0 Å². The average Bonchev–Trinajstić information content (AvgIpc) is 2.83. The molecule has 0 saturated heterocycles. The van der Waals surface area contributed by atoms with E-state index in [0.29, 0.717) is 12.8 Å². The van der Waals surface area contributed by atoms with Crippen molar-refractivity contribution in [2.75, 3.05) is 0 Å². The first-order chi connectivity index (χ1) is 9.09. The van der Waals surface area contributed by atoms with Crippen molar-refractivity contribution in [3.63, 3.8) is 0 Å². The Hall–Kier alpha value is -1.84. The highest BCUT2D eigenvalue weighted by atomic mass is 16.4. The molecule has 0 amide bonds. The minimum absolute atomic E-state index is 0.144. The number of hydrogen-bond donors (Lipinski definition) is 2. The van der Waals surface area contributed by atoms with Gasteiger partial charge in [0.15, 0.2) is 0 Å². The SMILES string of the molecule is O=C(O)C1C(c2ccccc2)C12CCC[C@H]2C(=O)O. The molecule has 0 radical (unpaired) electrons. The molecule has 4 heteroatoms. The van der Waals surface area contributed by atoms with Crippen molar-refractivity contribution in [3.05, 3.63) is 35.9 Å². The number of hydrogen-bond acceptors (Lipinski definition) is 2. The summed E-state index contributed by atoms with van der Waals surface area (Å²) in [5, 5.41) is 18.8. The number of benzene rings is 1. The van der Waals surface area contributed by atoms with Crippen LogP contribution < -0.4 is 0 Å². The zero-order valence-electron chi connectivity index (χ0n) is 10.5. The van der Waals surface area contributed by atoms with Crippen molar-refractivity contribution in [3.8, 4) is 0 Å². The van der Waals surface area contributed by atoms with Gasteiger partial charge in [0, 0.05) is 11.3 Å². The Bertz CT molecular complexity index is 524. The maximum absolute atomic E-state index is 11.5. The summed E-state index contributed by atoms with van der Waals surface area (Å²) >= 11 is 0. The minimum atomic E-state index is -0.859. The van der Waals surface area contributed by atoms with Crippen LogP contribution in [0.5, 0.6) is 0 Å². The lowest BCUT2D eigenvalue weighted by Gasteiger charge is -2.16. The van der Waals surface area contributed by atoms with Gasteiger partial charge in [0.1, 0.15) is 0 Å². The smallest absolute Gasteiger partial charge is 0.307 e. The quantitative estimate of drug-likeness (QED) is 0.874. The van der Waals surface area contributed by atoms with E-state index in [1.807, 2.05) is 30.3 Å². The Balaban J connectivity index is 2.01. The highest BCUT2D eigenvalue weighted by molar-refractivity contribution is 5.82. The molecule has 1 aromatic carbocycles. The molecular formula is C15H16O4. The highest BCUT2D eigenvalue weighted by Crippen LogP contribution is 2.74. The van der Waals surface area contributed by atoms with Gasteiger partial charge < -0.3 is 10.2 Å². The highest BCUT2D eigenvalue weighted by Gasteiger charge is 2.74. The fourth-order valence-electron chi connectivity index (χ4n) is 4.15. The lowest BCUT2D eigenvalue weighted by molar-refractivity contribution is -0.144. The summed E-state index contributed by atoms with van der Waals surface area (Å²) in [4.78, 5) is 22.9. The van der Waals surface area contributed by atoms with E-state index in [0.717, 1.165) is 12.0 Å². The van der Waals surface area contributed by atoms with Crippen LogP contribution in [-0.2, 0) is 9.59 Å². The van der Waals surface area contributed by atoms with E-state index in [2.05, 4.69) is 0 Å². The zero-order chi connectivity index (χ0) is 13.6. The summed E-state index contributed by atoms with van der Waals surface area (Å²) in [6, 6.07) is 9.47. The molecule has 4 nitrogen and oxygen atoms in total. The molecule has 19 heavy (non-hydrogen) atoms. The molecule has 3 unspecified atom stereocenters. The van der Waals surface area contributed by atoms with Crippen LogP contribution in [0.25, 0.3) is 0 Å². The number of carboxylic acids is 2. The minimum Gasteiger partial charge on any atom is -0.481 e. The van der Waals surface area contributed by atoms with E-state index in [4.69, 9.17) is 0 Å². The van der Waals surface area contributed by atoms with Crippen LogP contribution in [0, 0.1) is 17.3 Å². The summed E-state index contributed by atoms with van der Waals surface area (Å²) in [6.45, 7) is 0. The van der Waals surface area contributed by atoms with E-state index in [9.17, 15) is 19.8 Å². The lowest BCUT2D eigenvalue weighted by Crippen LogP contribution is -2.23. The van der Waals surface area contributed by atoms with Crippen molar-refractivity contribution in [2.24, 2.45) is 17.3 Å². The summed E-state index contributed by atoms with van der Waals surface area (Å²) in [5.74, 6) is -2.91. The Morgan fingerprint density at radius 2 is 1.79 bits per heavy atom. The Morgan fingerprint density at radius 1 is 1.11 bits per heavy atom. The van der Waals surface area contributed by atoms with Gasteiger partial charge in [0.2, 0.25) is 0 Å². The molecule has 0 heterocycles. The van der Waals surface area contributed by atoms with Crippen LogP contribution >= 0.6 is 0 Å². The standard InChI is InChI=1S/C15H16O4/c16-13(17)10-7-4-8-15(10)11(12(15)14(18)19)9-5-2-1-3-6-9/h1-3,5-6,10-12H,4,7-8H2,(H,16,17)(H,18,19)/t10-,11?,12?,15?/m0/s1. The van der Waals surface area contributed by atoms with E-state index >= 15 is 0 Å². The Kier molecular flexibility index (Phi) is 2.62. The zero-order valence-corrected chi connectivity index (χ0v) is 10.5. The second-order valence-corrected chi connectivity index (χ2v) is 5.60. The van der Waals surface area contributed by atoms with Crippen LogP contribution in [-0.4, -0.2) is 22.2 Å². The molecule has 1 aromatic rings. The maximum Gasteiger partial charge on any atom is 0.307 e. The topological polar surface area (TPSA) is 74.6 Å². The molecule has 2 aliphatic carbocycles. The van der Waals surface area contributed by atoms with Crippen LogP contribution in [0.1, 0.15) is 30.7 Å². The third-order valence-electron chi connectivity index (χ3n) is 4.86. The summed E-state index contributed by atoms with van der Waals surface area (Å²) in [7, 11) is 0. The van der Waals surface area contributed by atoms with Gasteiger partial charge in [0.25, 0.3) is 0 Å². The van der Waals surface area contributed by atoms with Gasteiger partial charge in [-0.25, -0.2) is 0 Å². The first-order valence-electron chi connectivity index (χ1n) is 6.59. The molecule has 2 fully saturated rings. The van der Waals surface area contributed by atoms with Gasteiger partial charge in [-0.05, 0) is 18.4 Å². The summed E-state index contributed by atoms with van der Waals surface area (Å²) in [5.41, 5.74) is 0.405. The van der Waals surface area contributed by atoms with Crippen molar-refractivity contribution < 1.29 is 19.8 Å². The average molecular weight is 260 g/mol. The van der Waals surface area contributed by atoms with Crippen molar-refractivity contribution in [1.29, 1.82) is 0 Å². The van der Waals surface area contributed by atoms with E-state index in [1.165, 1.54) is 0 Å². The first-order valence-corrected chi connectivity index (χ1v) is 6.59. The van der Waals surface area contributed by atoms with Gasteiger partial charge in [-0.3, -0.25) is 9.59 Å². The third kappa shape index (κ3) is 1.59. The Morgan fingerprint density at radius 3 is 2.37 bits per heavy atom. The van der Waals surface area contributed by atoms with E-state index in [-0.39, 0.29) is 5.92 Å². The summed E-state index contributed by atoms with van der Waals surface area (Å²) < 4.78 is 0. The fraction of sp³-hybridized carbons (Fsp3) is 0.467. The number of carbonyl (C=O) groups is 2. The van der Waals surface area contributed by atoms with Crippen LogP contribution in [0.4, 0.5) is 0 Å². The third-order valence-corrected chi connectivity index (χ3v) is 4.86. The van der Waals surface area contributed by atoms with Gasteiger partial charge in [-0.2, -0.15) is 0 Å². The van der Waals surface area contributed by atoms with Crippen LogP contribution in [0.2, 0.25) is 0 Å². The molecule has 0 bridgehead atoms. The molecule has 2 saturated carbocycles. The van der Waals surface area contributed by atoms with Crippen molar-refractivity contribution in [2.45, 2.75) is 25.2 Å². The molecule has 1 spiro atoms. The maximum atomic E-state index is 11.5. The van der Waals surface area contributed by atoms with Gasteiger partial charge in [0.05, 0.1) is 11.8 Å². The fourth-order valence-corrected chi connectivity index (χ4v) is 4.15. The summed E-state index contributed by atoms with van der Waals surface area (Å²) in [6.07, 6.45) is 2.12. The van der Waals surface area contributed by atoms with E-state index < -0.39 is 29.2 Å². The number of rotatable bonds is 3. The second-order valence-electron chi connectivity index (χ2n) is 5.60. The molecular weight excluding hydrogens is 244 g/mol. The van der Waals surface area contributed by atoms with Crippen LogP contribution in [0.3, 0.4) is 0 Å². The molecule has 4 atom stereocenters. The number of carboxylic acid groups (broad SMARTS) is 2. The second kappa shape index (κ2) is 4.08. The Labute approximate surface area is 111 Å². The van der Waals surface area contributed by atoms with Gasteiger partial charge in [-0.1, -0.05) is 36.8 Å². The molecule has 0 aliphatic heterocycles. The van der Waals surface area contributed by atoms with E-state index in [1.54, 1.807) is 0 Å². The molecule has 3 rings (SSSR count). The normalized spacial score (nSPS) is 36.3. The van der Waals surface area contributed by atoms with Crippen LogP contribution in [0.15, 0.2) is 30.3 Å².